The van der Waals surface area contributed by atoms with Crippen LogP contribution < -0.4 is 15.1 Å². The maximum Gasteiger partial charge on any atom is 0.496 e. The molecule has 1 aliphatic heterocycles. The fraction of sp³-hybridized carbons (Fsp3) is 0.368. The highest BCUT2D eigenvalue weighted by Crippen LogP contribution is 2.38. The summed E-state index contributed by atoms with van der Waals surface area (Å²) in [5.41, 5.74) is 2.24. The van der Waals surface area contributed by atoms with Gasteiger partial charge in [-0.3, -0.25) is 4.79 Å². The number of fused-ring (bicyclic) bond motifs is 1. The van der Waals surface area contributed by atoms with Crippen LogP contribution in [0, 0.1) is 6.92 Å². The first kappa shape index (κ1) is 20.3. The quantitative estimate of drug-likeness (QED) is 0.489. The van der Waals surface area contributed by atoms with E-state index < -0.39 is 12.7 Å². The molecule has 2 aromatic heterocycles. The Morgan fingerprint density at radius 2 is 2.17 bits per heavy atom. The summed E-state index contributed by atoms with van der Waals surface area (Å²) >= 11 is 5.96. The van der Waals surface area contributed by atoms with Gasteiger partial charge in [0.15, 0.2) is 5.76 Å². The van der Waals surface area contributed by atoms with Gasteiger partial charge in [0, 0.05) is 42.9 Å². The summed E-state index contributed by atoms with van der Waals surface area (Å²) in [6.07, 6.45) is 1.72. The van der Waals surface area contributed by atoms with Crippen molar-refractivity contribution >= 4 is 59.3 Å². The van der Waals surface area contributed by atoms with Crippen LogP contribution in [0.2, 0.25) is 0 Å². The number of carbonyl (C=O) groups excluding carboxylic acids is 1. The Labute approximate surface area is 179 Å². The van der Waals surface area contributed by atoms with Gasteiger partial charge in [0.1, 0.15) is 5.58 Å². The zero-order valence-electron chi connectivity index (χ0n) is 16.9. The molecule has 0 atom stereocenters. The van der Waals surface area contributed by atoms with E-state index in [1.165, 1.54) is 11.3 Å². The molecule has 1 N–H and O–H groups in total. The van der Waals surface area contributed by atoms with Gasteiger partial charge in [0.05, 0.1) is 27.7 Å². The summed E-state index contributed by atoms with van der Waals surface area (Å²) in [7, 11) is 2.87. The van der Waals surface area contributed by atoms with Crippen LogP contribution in [0.5, 0.6) is 0 Å². The number of thiazole rings is 1. The first-order chi connectivity index (χ1) is 13.7. The third kappa shape index (κ3) is 3.65. The molecule has 7 nitrogen and oxygen atoms in total. The lowest BCUT2D eigenvalue weighted by Crippen LogP contribution is -2.37. The molecule has 10 heteroatoms. The Bertz CT molecular complexity index is 1090. The molecule has 1 amide bonds. The number of nitrogens with zero attached hydrogens (tertiary/aromatic N) is 2. The molecule has 0 bridgehead atoms. The fourth-order valence-corrected chi connectivity index (χ4v) is 4.33. The number of hydrogen-bond donors (Lipinski definition) is 2. The molecule has 0 aliphatic carbocycles. The van der Waals surface area contributed by atoms with E-state index in [1.54, 1.807) is 17.5 Å². The number of anilines is 1. The lowest BCUT2D eigenvalue weighted by atomic mass is 9.77. The molecule has 0 spiro atoms. The number of hydrogen-bond acceptors (Lipinski definition) is 8. The highest BCUT2D eigenvalue weighted by molar-refractivity contribution is 7.81. The molecule has 0 saturated carbocycles. The number of amides is 1. The molecule has 152 valence electrons. The van der Waals surface area contributed by atoms with Crippen molar-refractivity contribution in [2.75, 3.05) is 25.0 Å². The molecule has 1 aliphatic rings. The number of aryl methyl sites for hydroxylation is 1. The van der Waals surface area contributed by atoms with Crippen LogP contribution in [0.3, 0.4) is 0 Å². The van der Waals surface area contributed by atoms with Crippen LogP contribution in [0.15, 0.2) is 22.7 Å². The number of nitrogens with one attached hydrogen (secondary N) is 1. The lowest BCUT2D eigenvalue weighted by Gasteiger charge is -2.19. The van der Waals surface area contributed by atoms with Crippen LogP contribution in [-0.2, 0) is 9.31 Å². The number of benzene rings is 1. The summed E-state index contributed by atoms with van der Waals surface area (Å²) in [5, 5.41) is 4.30. The van der Waals surface area contributed by atoms with Crippen LogP contribution in [0.1, 0.15) is 29.2 Å². The molecular weight excluding hydrogens is 409 g/mol. The molecule has 0 unspecified atom stereocenters. The van der Waals surface area contributed by atoms with Crippen molar-refractivity contribution in [2.24, 2.45) is 0 Å². The molecule has 3 heterocycles. The van der Waals surface area contributed by atoms with Gasteiger partial charge in [-0.25, -0.2) is 4.98 Å². The van der Waals surface area contributed by atoms with Gasteiger partial charge < -0.3 is 23.3 Å². The van der Waals surface area contributed by atoms with E-state index in [2.05, 4.69) is 23.1 Å². The average Bonchev–Trinajstić information content (AvgIpc) is 3.35. The predicted octanol–water partition coefficient (Wildman–Crippen LogP) is 3.03. The Balaban J connectivity index is 1.95. The van der Waals surface area contributed by atoms with E-state index >= 15 is 0 Å². The SMILES string of the molecule is CNC(=O)c1c(-c2cnc(C)s2)oc2cc(N(C)S)c(B3OCC(C)(C)O3)cc12. The molecule has 4 rings (SSSR count). The maximum atomic E-state index is 12.8. The minimum Gasteiger partial charge on any atom is -0.454 e. The number of rotatable bonds is 4. The minimum atomic E-state index is -0.555. The highest BCUT2D eigenvalue weighted by Gasteiger charge is 2.40. The van der Waals surface area contributed by atoms with E-state index in [1.807, 2.05) is 40.0 Å². The largest absolute Gasteiger partial charge is 0.496 e. The van der Waals surface area contributed by atoms with E-state index in [4.69, 9.17) is 13.7 Å². The Morgan fingerprint density at radius 1 is 1.41 bits per heavy atom. The van der Waals surface area contributed by atoms with Gasteiger partial charge in [-0.05, 0) is 26.8 Å². The van der Waals surface area contributed by atoms with Crippen molar-refractivity contribution < 1.29 is 18.5 Å². The maximum absolute atomic E-state index is 12.8. The molecule has 1 aromatic carbocycles. The van der Waals surface area contributed by atoms with Crippen LogP contribution in [0.25, 0.3) is 21.6 Å². The summed E-state index contributed by atoms with van der Waals surface area (Å²) < 4.78 is 19.8. The summed E-state index contributed by atoms with van der Waals surface area (Å²) in [6.45, 7) is 6.35. The van der Waals surface area contributed by atoms with Crippen molar-refractivity contribution in [2.45, 2.75) is 26.4 Å². The van der Waals surface area contributed by atoms with Crippen molar-refractivity contribution in [1.82, 2.24) is 10.3 Å². The zero-order chi connectivity index (χ0) is 20.9. The standard InChI is InChI=1S/C19H22BN3O4S2/c1-10-22-8-15(29-10)17-16(18(24)21-4)11-6-12(20-25-9-19(2,3)27-20)13(23(5)28)7-14(11)26-17/h6-8,28H,9H2,1-5H3,(H,21,24). The second-order valence-electron chi connectivity index (χ2n) is 7.58. The number of furan rings is 1. The average molecular weight is 431 g/mol. The summed E-state index contributed by atoms with van der Waals surface area (Å²) in [4.78, 5) is 17.9. The first-order valence-corrected chi connectivity index (χ1v) is 10.4. The minimum absolute atomic E-state index is 0.226. The van der Waals surface area contributed by atoms with Crippen molar-refractivity contribution in [3.8, 4) is 10.6 Å². The third-order valence-corrected chi connectivity index (χ3v) is 5.87. The predicted molar refractivity (Wildman–Crippen MR) is 119 cm³/mol. The number of carbonyl (C=O) groups is 1. The number of thiol groups is 1. The summed E-state index contributed by atoms with van der Waals surface area (Å²) in [6, 6.07) is 3.76. The zero-order valence-corrected chi connectivity index (χ0v) is 18.6. The van der Waals surface area contributed by atoms with Gasteiger partial charge in [-0.1, -0.05) is 12.8 Å². The number of aromatic nitrogens is 1. The van der Waals surface area contributed by atoms with Crippen LogP contribution in [0.4, 0.5) is 5.69 Å². The van der Waals surface area contributed by atoms with E-state index in [0.717, 1.165) is 21.0 Å². The molecule has 3 aromatic rings. The lowest BCUT2D eigenvalue weighted by molar-refractivity contribution is 0.0964. The Hall–Kier alpha value is -2.01. The third-order valence-electron chi connectivity index (χ3n) is 4.75. The molecule has 0 radical (unpaired) electrons. The van der Waals surface area contributed by atoms with Gasteiger partial charge >= 0.3 is 7.12 Å². The smallest absolute Gasteiger partial charge is 0.454 e. The topological polar surface area (TPSA) is 76.8 Å². The fourth-order valence-electron chi connectivity index (χ4n) is 3.40. The van der Waals surface area contributed by atoms with Gasteiger partial charge in [-0.2, -0.15) is 0 Å². The van der Waals surface area contributed by atoms with Gasteiger partial charge in [0.2, 0.25) is 0 Å². The van der Waals surface area contributed by atoms with Crippen molar-refractivity contribution in [3.05, 3.63) is 28.9 Å². The van der Waals surface area contributed by atoms with Gasteiger partial charge in [0.25, 0.3) is 5.91 Å². The van der Waals surface area contributed by atoms with Crippen LogP contribution >= 0.6 is 24.2 Å². The summed E-state index contributed by atoms with van der Waals surface area (Å²) in [5.74, 6) is 0.278. The van der Waals surface area contributed by atoms with Crippen LogP contribution in [-0.4, -0.2) is 44.3 Å². The Morgan fingerprint density at radius 3 is 2.72 bits per heavy atom. The Kier molecular flexibility index (Phi) is 5.14. The molecule has 1 saturated heterocycles. The van der Waals surface area contributed by atoms with E-state index in [-0.39, 0.29) is 5.91 Å². The first-order valence-electron chi connectivity index (χ1n) is 9.17. The monoisotopic (exact) mass is 431 g/mol. The molecule has 1 fully saturated rings. The normalized spacial score (nSPS) is 15.9. The highest BCUT2D eigenvalue weighted by atomic mass is 32.1. The van der Waals surface area contributed by atoms with E-state index in [0.29, 0.717) is 28.9 Å². The second kappa shape index (κ2) is 7.35. The molecular formula is C19H22BN3O4S2. The second-order valence-corrected chi connectivity index (χ2v) is 9.41. The molecule has 29 heavy (non-hydrogen) atoms. The van der Waals surface area contributed by atoms with E-state index in [9.17, 15) is 4.79 Å². The van der Waals surface area contributed by atoms with Crippen molar-refractivity contribution in [1.29, 1.82) is 0 Å². The van der Waals surface area contributed by atoms with Crippen molar-refractivity contribution in [3.63, 3.8) is 0 Å². The van der Waals surface area contributed by atoms with Gasteiger partial charge in [-0.15, -0.1) is 11.3 Å².